The molecule has 2 N–H and O–H groups in total. The van der Waals surface area contributed by atoms with Crippen LogP contribution in [0.25, 0.3) is 0 Å². The number of amides is 2. The molecule has 2 heterocycles. The van der Waals surface area contributed by atoms with E-state index in [4.69, 9.17) is 5.73 Å². The van der Waals surface area contributed by atoms with Crippen LogP contribution in [0.1, 0.15) is 75.9 Å². The molecule has 8 nitrogen and oxygen atoms in total. The van der Waals surface area contributed by atoms with Gasteiger partial charge < -0.3 is 15.5 Å². The SMILES string of the molecule is CC1c2cc(N)ccc2CC(C)(C)N1C(=O)C(F)(F)F.CC1c2cc([N+](=O)[O-])ccc2CC(C)(C)N1C(=O)C(F)(F)F. The Bertz CT molecular complexity index is 1400. The van der Waals surface area contributed by atoms with Gasteiger partial charge in [0.05, 0.1) is 17.0 Å². The number of benzene rings is 2. The van der Waals surface area contributed by atoms with Crippen LogP contribution in [0.15, 0.2) is 36.4 Å². The van der Waals surface area contributed by atoms with Crippen molar-refractivity contribution in [2.24, 2.45) is 0 Å². The lowest BCUT2D eigenvalue weighted by molar-refractivity contribution is -0.385. The van der Waals surface area contributed by atoms with Crippen LogP contribution in [-0.4, -0.2) is 50.0 Å². The van der Waals surface area contributed by atoms with Gasteiger partial charge in [-0.25, -0.2) is 0 Å². The largest absolute Gasteiger partial charge is 0.471 e. The second-order valence-electron chi connectivity index (χ2n) is 11.8. The quantitative estimate of drug-likeness (QED) is 0.175. The van der Waals surface area contributed by atoms with E-state index in [1.54, 1.807) is 52.8 Å². The van der Waals surface area contributed by atoms with Crippen LogP contribution in [-0.2, 0) is 22.4 Å². The molecule has 0 aliphatic carbocycles. The molecule has 0 saturated heterocycles. The summed E-state index contributed by atoms with van der Waals surface area (Å²) in [5.41, 5.74) is 6.76. The van der Waals surface area contributed by atoms with Gasteiger partial charge in [0.25, 0.3) is 5.69 Å². The molecule has 2 aliphatic rings. The minimum absolute atomic E-state index is 0.201. The number of non-ortho nitro benzene ring substituents is 1. The first-order valence-corrected chi connectivity index (χ1v) is 13.0. The lowest BCUT2D eigenvalue weighted by Gasteiger charge is -2.47. The Kier molecular flexibility index (Phi) is 8.38. The van der Waals surface area contributed by atoms with E-state index in [0.29, 0.717) is 28.8 Å². The molecule has 230 valence electrons. The fraction of sp³-hybridized carbons (Fsp3) is 0.500. The van der Waals surface area contributed by atoms with Crippen LogP contribution in [0, 0.1) is 10.1 Å². The molecule has 2 aromatic rings. The molecule has 0 spiro atoms. The van der Waals surface area contributed by atoms with Crippen molar-refractivity contribution in [3.05, 3.63) is 68.8 Å². The number of anilines is 1. The summed E-state index contributed by atoms with van der Waals surface area (Å²) in [5, 5.41) is 10.8. The van der Waals surface area contributed by atoms with E-state index in [2.05, 4.69) is 0 Å². The summed E-state index contributed by atoms with van der Waals surface area (Å²) < 4.78 is 76.9. The first-order valence-electron chi connectivity index (χ1n) is 13.0. The summed E-state index contributed by atoms with van der Waals surface area (Å²) >= 11 is 0. The van der Waals surface area contributed by atoms with Crippen LogP contribution in [0.5, 0.6) is 0 Å². The summed E-state index contributed by atoms with van der Waals surface area (Å²) in [5.74, 6) is -3.73. The molecule has 2 aliphatic heterocycles. The monoisotopic (exact) mass is 602 g/mol. The molecule has 2 amide bonds. The third kappa shape index (κ3) is 6.31. The lowest BCUT2D eigenvalue weighted by Crippen LogP contribution is -2.56. The van der Waals surface area contributed by atoms with E-state index in [-0.39, 0.29) is 12.1 Å². The number of carbonyl (C=O) groups is 2. The van der Waals surface area contributed by atoms with Crippen molar-refractivity contribution in [2.75, 3.05) is 5.73 Å². The standard InChI is InChI=1S/C14H15F3N2O3.C14H17F3N2O/c1-8-11-6-10(19(21)22)5-4-9(11)7-13(2,3)18(8)12(20)14(15,16)17;1-8-11-6-10(18)5-4-9(11)7-13(2,3)19(8)12(20)14(15,16)17/h4-6,8H,7H2,1-3H3;4-6,8H,7,18H2,1-3H3. The number of carbonyl (C=O) groups excluding carboxylic acids is 2. The highest BCUT2D eigenvalue weighted by Gasteiger charge is 2.52. The Morgan fingerprint density at radius 3 is 1.57 bits per heavy atom. The molecular formula is C28H32F6N4O4. The van der Waals surface area contributed by atoms with Crippen LogP contribution < -0.4 is 5.73 Å². The third-order valence-corrected chi connectivity index (χ3v) is 7.66. The van der Waals surface area contributed by atoms with Gasteiger partial charge in [-0.2, -0.15) is 26.3 Å². The van der Waals surface area contributed by atoms with Gasteiger partial charge in [0.15, 0.2) is 0 Å². The van der Waals surface area contributed by atoms with Gasteiger partial charge in [0.2, 0.25) is 0 Å². The molecule has 0 bridgehead atoms. The summed E-state index contributed by atoms with van der Waals surface area (Å²) in [6.45, 7) is 9.45. The normalized spacial score (nSPS) is 21.0. The number of hydrogen-bond donors (Lipinski definition) is 1. The van der Waals surface area contributed by atoms with E-state index >= 15 is 0 Å². The highest BCUT2D eigenvalue weighted by molar-refractivity contribution is 5.84. The molecule has 2 aromatic carbocycles. The van der Waals surface area contributed by atoms with Crippen molar-refractivity contribution in [1.29, 1.82) is 0 Å². The number of nitrogens with zero attached hydrogens (tertiary/aromatic N) is 3. The number of nitro groups is 1. The topological polar surface area (TPSA) is 110 Å². The maximum atomic E-state index is 12.8. The van der Waals surface area contributed by atoms with Crippen LogP contribution in [0.2, 0.25) is 0 Å². The zero-order valence-electron chi connectivity index (χ0n) is 23.9. The molecule has 2 atom stereocenters. The predicted octanol–water partition coefficient (Wildman–Crippen LogP) is 6.44. The summed E-state index contributed by atoms with van der Waals surface area (Å²) in [7, 11) is 0. The number of alkyl halides is 6. The number of nitrogens with two attached hydrogens (primary N) is 1. The zero-order valence-corrected chi connectivity index (χ0v) is 23.9. The lowest BCUT2D eigenvalue weighted by atomic mass is 9.81. The number of fused-ring (bicyclic) bond motifs is 2. The van der Waals surface area contributed by atoms with Gasteiger partial charge in [0.1, 0.15) is 0 Å². The molecule has 42 heavy (non-hydrogen) atoms. The van der Waals surface area contributed by atoms with E-state index < -0.39 is 52.3 Å². The van der Waals surface area contributed by atoms with Gasteiger partial charge in [-0.1, -0.05) is 12.1 Å². The maximum Gasteiger partial charge on any atom is 0.471 e. The number of nitro benzene ring substituents is 1. The molecule has 0 aromatic heterocycles. The van der Waals surface area contributed by atoms with Gasteiger partial charge >= 0.3 is 24.2 Å². The first-order chi connectivity index (χ1) is 19.0. The van der Waals surface area contributed by atoms with Crippen molar-refractivity contribution < 1.29 is 40.9 Å². The second-order valence-corrected chi connectivity index (χ2v) is 11.8. The molecule has 4 rings (SSSR count). The molecule has 0 fully saturated rings. The Hall–Kier alpha value is -3.84. The third-order valence-electron chi connectivity index (χ3n) is 7.66. The first kappa shape index (κ1) is 32.7. The Morgan fingerprint density at radius 1 is 0.810 bits per heavy atom. The van der Waals surface area contributed by atoms with Gasteiger partial charge in [-0.3, -0.25) is 19.7 Å². The Balaban J connectivity index is 0.000000231. The van der Waals surface area contributed by atoms with Crippen molar-refractivity contribution in [3.8, 4) is 0 Å². The molecular weight excluding hydrogens is 570 g/mol. The van der Waals surface area contributed by atoms with Gasteiger partial charge in [0, 0.05) is 28.9 Å². The number of nitrogen functional groups attached to an aromatic ring is 1. The molecule has 14 heteroatoms. The van der Waals surface area contributed by atoms with E-state index in [0.717, 1.165) is 15.4 Å². The number of halogens is 6. The van der Waals surface area contributed by atoms with Crippen molar-refractivity contribution in [3.63, 3.8) is 0 Å². The minimum atomic E-state index is -4.98. The van der Waals surface area contributed by atoms with Crippen molar-refractivity contribution in [1.82, 2.24) is 9.80 Å². The van der Waals surface area contributed by atoms with Gasteiger partial charge in [-0.15, -0.1) is 0 Å². The van der Waals surface area contributed by atoms with Crippen LogP contribution in [0.3, 0.4) is 0 Å². The van der Waals surface area contributed by atoms with Crippen molar-refractivity contribution >= 4 is 23.2 Å². The zero-order chi connectivity index (χ0) is 32.2. The number of rotatable bonds is 1. The summed E-state index contributed by atoms with van der Waals surface area (Å²) in [4.78, 5) is 35.4. The highest BCUT2D eigenvalue weighted by Crippen LogP contribution is 2.43. The van der Waals surface area contributed by atoms with E-state index in [9.17, 15) is 46.0 Å². The summed E-state index contributed by atoms with van der Waals surface area (Å²) in [6.07, 6.45) is -9.28. The number of hydrogen-bond acceptors (Lipinski definition) is 5. The van der Waals surface area contributed by atoms with E-state index in [1.807, 2.05) is 6.07 Å². The Labute approximate surface area is 238 Å². The average Bonchev–Trinajstić information content (AvgIpc) is 2.82. The second kappa shape index (κ2) is 10.8. The molecule has 2 unspecified atom stereocenters. The Morgan fingerprint density at radius 2 is 1.19 bits per heavy atom. The van der Waals surface area contributed by atoms with Gasteiger partial charge in [-0.05, 0) is 88.8 Å². The summed E-state index contributed by atoms with van der Waals surface area (Å²) in [6, 6.07) is 7.74. The fourth-order valence-electron chi connectivity index (χ4n) is 6.01. The average molecular weight is 603 g/mol. The molecule has 0 radical (unpaired) electrons. The highest BCUT2D eigenvalue weighted by atomic mass is 19.4. The smallest absolute Gasteiger partial charge is 0.399 e. The van der Waals surface area contributed by atoms with Crippen LogP contribution >= 0.6 is 0 Å². The molecule has 0 saturated carbocycles. The maximum absolute atomic E-state index is 12.8. The fourth-order valence-corrected chi connectivity index (χ4v) is 6.01. The minimum Gasteiger partial charge on any atom is -0.399 e. The predicted molar refractivity (Wildman–Crippen MR) is 142 cm³/mol. The van der Waals surface area contributed by atoms with E-state index in [1.165, 1.54) is 19.1 Å². The van der Waals surface area contributed by atoms with Crippen molar-refractivity contribution in [2.45, 2.75) is 89.9 Å². The van der Waals surface area contributed by atoms with Crippen LogP contribution in [0.4, 0.5) is 37.7 Å².